The van der Waals surface area contributed by atoms with Crippen LogP contribution in [0.25, 0.3) is 0 Å². The first kappa shape index (κ1) is 20.2. The Morgan fingerprint density at radius 1 is 1.07 bits per heavy atom. The molecule has 0 radical (unpaired) electrons. The summed E-state index contributed by atoms with van der Waals surface area (Å²) in [6, 6.07) is 6.86. The van der Waals surface area contributed by atoms with E-state index in [1.54, 1.807) is 0 Å². The molecule has 6 nitrogen and oxygen atoms in total. The Kier molecular flexibility index (Phi) is 5.35. The van der Waals surface area contributed by atoms with Gasteiger partial charge >= 0.3 is 0 Å². The highest BCUT2D eigenvalue weighted by molar-refractivity contribution is 7.89. The molecule has 1 heterocycles. The Morgan fingerprint density at radius 3 is 2.37 bits per heavy atom. The van der Waals surface area contributed by atoms with Crippen molar-refractivity contribution < 1.29 is 18.0 Å². The van der Waals surface area contributed by atoms with E-state index in [0.29, 0.717) is 9.33 Å². The van der Waals surface area contributed by atoms with Crippen molar-refractivity contribution in [2.75, 3.05) is 12.4 Å². The number of rotatable bonds is 2. The van der Waals surface area contributed by atoms with E-state index in [2.05, 4.69) is 5.32 Å². The van der Waals surface area contributed by atoms with E-state index >= 15 is 0 Å². The van der Waals surface area contributed by atoms with E-state index in [1.165, 1.54) is 30.3 Å². The zero-order chi connectivity index (χ0) is 20.1. The van der Waals surface area contributed by atoms with Gasteiger partial charge in [-0.3, -0.25) is 9.59 Å². The third kappa shape index (κ3) is 3.39. The van der Waals surface area contributed by atoms with Crippen LogP contribution in [-0.2, 0) is 19.6 Å². The summed E-state index contributed by atoms with van der Waals surface area (Å²) in [6.45, 7) is 0. The lowest BCUT2D eigenvalue weighted by Crippen LogP contribution is -2.45. The number of carbonyl (C=O) groups excluding carboxylic acids is 2. The molecule has 0 bridgehead atoms. The molecule has 0 spiro atoms. The smallest absolute Gasteiger partial charge is 0.266 e. The predicted octanol–water partition coefficient (Wildman–Crippen LogP) is 4.18. The van der Waals surface area contributed by atoms with Gasteiger partial charge in [-0.05, 0) is 30.3 Å². The summed E-state index contributed by atoms with van der Waals surface area (Å²) in [4.78, 5) is 25.3. The normalized spacial score (nSPS) is 18.2. The molecule has 0 aliphatic carbocycles. The fourth-order valence-corrected chi connectivity index (χ4v) is 4.98. The molecule has 0 aromatic heterocycles. The predicted molar refractivity (Wildman–Crippen MR) is 104 cm³/mol. The number of nitrogens with one attached hydrogen (secondary N) is 1. The summed E-state index contributed by atoms with van der Waals surface area (Å²) < 4.78 is 25.6. The zero-order valence-corrected chi connectivity index (χ0v) is 17.3. The second kappa shape index (κ2) is 7.14. The molecule has 11 heteroatoms. The van der Waals surface area contributed by atoms with Gasteiger partial charge in [-0.2, -0.15) is 0 Å². The maximum atomic E-state index is 12.9. The molecule has 0 fully saturated rings. The van der Waals surface area contributed by atoms with Crippen LogP contribution in [0.3, 0.4) is 0 Å². The van der Waals surface area contributed by atoms with E-state index in [9.17, 15) is 18.0 Å². The summed E-state index contributed by atoms with van der Waals surface area (Å²) >= 11 is 24.0. The zero-order valence-electron chi connectivity index (χ0n) is 13.5. The molecule has 142 valence electrons. The second-order valence-corrected chi connectivity index (χ2v) is 9.20. The van der Waals surface area contributed by atoms with Gasteiger partial charge in [0, 0.05) is 17.6 Å². The number of halogens is 4. The molecule has 27 heavy (non-hydrogen) atoms. The first-order valence-electron chi connectivity index (χ1n) is 7.32. The van der Waals surface area contributed by atoms with Crippen molar-refractivity contribution >= 4 is 73.9 Å². The number of fused-ring (bicyclic) bond motifs is 1. The van der Waals surface area contributed by atoms with Crippen LogP contribution < -0.4 is 5.32 Å². The minimum Gasteiger partial charge on any atom is -0.324 e. The average molecular weight is 468 g/mol. The van der Waals surface area contributed by atoms with Crippen LogP contribution in [0.15, 0.2) is 35.2 Å². The molecular formula is C16H10Cl4N2O4S. The quantitative estimate of drug-likeness (QED) is 0.671. The lowest BCUT2D eigenvalue weighted by atomic mass is 9.96. The van der Waals surface area contributed by atoms with Crippen LogP contribution in [0.5, 0.6) is 0 Å². The van der Waals surface area contributed by atoms with Gasteiger partial charge in [0.05, 0.1) is 25.7 Å². The van der Waals surface area contributed by atoms with Gasteiger partial charge in [-0.25, -0.2) is 12.7 Å². The highest BCUT2D eigenvalue weighted by Gasteiger charge is 2.46. The second-order valence-electron chi connectivity index (χ2n) is 5.63. The summed E-state index contributed by atoms with van der Waals surface area (Å²) in [5, 5.41) is 2.85. The van der Waals surface area contributed by atoms with Gasteiger partial charge in [0.15, 0.2) is 0 Å². The largest absolute Gasteiger partial charge is 0.324 e. The average Bonchev–Trinajstić information content (AvgIpc) is 2.59. The number of anilines is 1. The van der Waals surface area contributed by atoms with Crippen LogP contribution in [0.2, 0.25) is 20.1 Å². The van der Waals surface area contributed by atoms with Crippen LogP contribution in [0.1, 0.15) is 11.5 Å². The fraction of sp³-hybridized carbons (Fsp3) is 0.125. The van der Waals surface area contributed by atoms with Gasteiger partial charge in [-0.1, -0.05) is 46.4 Å². The van der Waals surface area contributed by atoms with E-state index in [-0.39, 0.29) is 31.2 Å². The number of benzene rings is 2. The van der Waals surface area contributed by atoms with Crippen molar-refractivity contribution in [2.24, 2.45) is 0 Å². The Hall–Kier alpha value is -1.51. The highest BCUT2D eigenvalue weighted by Crippen LogP contribution is 2.42. The first-order valence-corrected chi connectivity index (χ1v) is 10.3. The third-order valence-corrected chi connectivity index (χ3v) is 7.21. The summed E-state index contributed by atoms with van der Waals surface area (Å²) in [6.07, 6.45) is 0. The lowest BCUT2D eigenvalue weighted by Gasteiger charge is -2.31. The maximum absolute atomic E-state index is 12.9. The number of amides is 2. The van der Waals surface area contributed by atoms with Gasteiger partial charge in [0.25, 0.3) is 15.9 Å². The van der Waals surface area contributed by atoms with Crippen LogP contribution in [0.4, 0.5) is 5.69 Å². The van der Waals surface area contributed by atoms with Crippen molar-refractivity contribution in [1.82, 2.24) is 4.31 Å². The Bertz CT molecular complexity index is 1090. The molecule has 1 atom stereocenters. The Morgan fingerprint density at radius 2 is 1.74 bits per heavy atom. The fourth-order valence-electron chi connectivity index (χ4n) is 2.65. The summed E-state index contributed by atoms with van der Waals surface area (Å²) in [7, 11) is -3.08. The standard InChI is InChI=1S/C16H10Cl4N2O4S/c1-22-16(24)13(15(23)21-10-4-2-7(17)6-9(10)19)12-11(27(22,25)26)5-3-8(18)14(12)20/h2-6,13H,1H3,(H,21,23). The van der Waals surface area contributed by atoms with Gasteiger partial charge < -0.3 is 5.32 Å². The molecule has 0 saturated carbocycles. The molecule has 1 aliphatic heterocycles. The van der Waals surface area contributed by atoms with Crippen molar-refractivity contribution in [3.05, 3.63) is 56.0 Å². The number of carbonyl (C=O) groups is 2. The Balaban J connectivity index is 2.13. The van der Waals surface area contributed by atoms with Gasteiger partial charge in [-0.15, -0.1) is 0 Å². The minimum absolute atomic E-state index is 0.0188. The highest BCUT2D eigenvalue weighted by atomic mass is 35.5. The van der Waals surface area contributed by atoms with E-state index < -0.39 is 27.8 Å². The molecular weight excluding hydrogens is 458 g/mol. The summed E-state index contributed by atoms with van der Waals surface area (Å²) in [5.41, 5.74) is 0.0319. The van der Waals surface area contributed by atoms with Crippen molar-refractivity contribution in [3.8, 4) is 0 Å². The maximum Gasteiger partial charge on any atom is 0.266 e. The van der Waals surface area contributed by atoms with E-state index in [4.69, 9.17) is 46.4 Å². The molecule has 3 rings (SSSR count). The van der Waals surface area contributed by atoms with E-state index in [1.807, 2.05) is 0 Å². The van der Waals surface area contributed by atoms with Gasteiger partial charge in [0.2, 0.25) is 5.91 Å². The van der Waals surface area contributed by atoms with E-state index in [0.717, 1.165) is 7.05 Å². The van der Waals surface area contributed by atoms with Crippen LogP contribution in [-0.4, -0.2) is 31.6 Å². The monoisotopic (exact) mass is 466 g/mol. The van der Waals surface area contributed by atoms with Gasteiger partial charge in [0.1, 0.15) is 5.92 Å². The number of hydrogen-bond acceptors (Lipinski definition) is 4. The molecule has 1 N–H and O–H groups in total. The SMILES string of the molecule is CN1C(=O)C(C(=O)Nc2ccc(Cl)cc2Cl)c2c(ccc(Cl)c2Cl)S1(=O)=O. The lowest BCUT2D eigenvalue weighted by molar-refractivity contribution is -0.132. The Labute approximate surface area is 175 Å². The molecule has 0 saturated heterocycles. The van der Waals surface area contributed by atoms with Crippen molar-refractivity contribution in [2.45, 2.75) is 10.8 Å². The first-order chi connectivity index (χ1) is 12.6. The molecule has 1 aliphatic rings. The molecule has 2 amide bonds. The number of likely N-dealkylation sites (N-methyl/N-ethyl adjacent to an activating group) is 1. The topological polar surface area (TPSA) is 83.6 Å². The number of hydrogen-bond donors (Lipinski definition) is 1. The van der Waals surface area contributed by atoms with Crippen LogP contribution in [0, 0.1) is 0 Å². The molecule has 2 aromatic rings. The van der Waals surface area contributed by atoms with Crippen LogP contribution >= 0.6 is 46.4 Å². The third-order valence-electron chi connectivity index (χ3n) is 4.03. The number of nitrogens with zero attached hydrogens (tertiary/aromatic N) is 1. The van der Waals surface area contributed by atoms with Crippen molar-refractivity contribution in [3.63, 3.8) is 0 Å². The summed E-state index contributed by atoms with van der Waals surface area (Å²) in [5.74, 6) is -3.29. The molecule has 2 aromatic carbocycles. The minimum atomic E-state index is -4.15. The van der Waals surface area contributed by atoms with Crippen molar-refractivity contribution in [1.29, 1.82) is 0 Å². The molecule has 1 unspecified atom stereocenters. The number of sulfonamides is 1.